The van der Waals surface area contributed by atoms with Crippen molar-refractivity contribution in [2.75, 3.05) is 19.1 Å². The van der Waals surface area contributed by atoms with Crippen LogP contribution < -0.4 is 9.64 Å². The molecule has 0 saturated carbocycles. The molecule has 152 valence electrons. The van der Waals surface area contributed by atoms with Crippen molar-refractivity contribution in [2.24, 2.45) is 0 Å². The van der Waals surface area contributed by atoms with E-state index in [-0.39, 0.29) is 11.6 Å². The van der Waals surface area contributed by atoms with Crippen molar-refractivity contribution in [1.29, 1.82) is 0 Å². The fourth-order valence-electron chi connectivity index (χ4n) is 2.58. The molecule has 1 amide bonds. The molecule has 0 heterocycles. The highest BCUT2D eigenvalue weighted by atomic mass is 19.4. The van der Waals surface area contributed by atoms with Gasteiger partial charge in [-0.3, -0.25) is 4.79 Å². The quantitative estimate of drug-likeness (QED) is 0.651. The SMILES string of the molecule is COc1cc(N(C)C(=O)Cc2cc(C(F)(F)F)cc(C(F)(F)F)c2)ccc1C. The van der Waals surface area contributed by atoms with Gasteiger partial charge in [-0.15, -0.1) is 0 Å². The first kappa shape index (κ1) is 21.6. The Kier molecular flexibility index (Phi) is 5.96. The predicted octanol–water partition coefficient (Wildman–Crippen LogP) is 5.25. The zero-order valence-corrected chi connectivity index (χ0v) is 15.2. The highest BCUT2D eigenvalue weighted by Crippen LogP contribution is 2.36. The van der Waals surface area contributed by atoms with E-state index in [2.05, 4.69) is 0 Å². The highest BCUT2D eigenvalue weighted by Gasteiger charge is 2.37. The van der Waals surface area contributed by atoms with Crippen molar-refractivity contribution in [3.63, 3.8) is 0 Å². The normalized spacial score (nSPS) is 12.0. The number of carbonyl (C=O) groups is 1. The minimum atomic E-state index is -4.96. The van der Waals surface area contributed by atoms with Crippen LogP contribution in [-0.4, -0.2) is 20.1 Å². The summed E-state index contributed by atoms with van der Waals surface area (Å²) >= 11 is 0. The van der Waals surface area contributed by atoms with E-state index in [0.29, 0.717) is 23.6 Å². The number of hydrogen-bond donors (Lipinski definition) is 0. The van der Waals surface area contributed by atoms with Gasteiger partial charge in [0.15, 0.2) is 0 Å². The summed E-state index contributed by atoms with van der Waals surface area (Å²) < 4.78 is 82.8. The number of likely N-dealkylation sites (N-methyl/N-ethyl adjacent to an activating group) is 1. The second kappa shape index (κ2) is 7.73. The number of rotatable bonds is 4. The van der Waals surface area contributed by atoms with Crippen molar-refractivity contribution >= 4 is 11.6 Å². The van der Waals surface area contributed by atoms with Crippen LogP contribution in [0.4, 0.5) is 32.0 Å². The largest absolute Gasteiger partial charge is 0.496 e. The van der Waals surface area contributed by atoms with E-state index >= 15 is 0 Å². The van der Waals surface area contributed by atoms with Gasteiger partial charge >= 0.3 is 12.4 Å². The maximum absolute atomic E-state index is 12.9. The summed E-state index contributed by atoms with van der Waals surface area (Å²) in [4.78, 5) is 13.6. The summed E-state index contributed by atoms with van der Waals surface area (Å²) in [6, 6.07) is 5.98. The zero-order chi connectivity index (χ0) is 21.3. The smallest absolute Gasteiger partial charge is 0.416 e. The Morgan fingerprint density at radius 1 is 0.964 bits per heavy atom. The first-order valence-corrected chi connectivity index (χ1v) is 8.02. The summed E-state index contributed by atoms with van der Waals surface area (Å²) in [5.41, 5.74) is -2.08. The molecular formula is C19H17F6NO2. The lowest BCUT2D eigenvalue weighted by Gasteiger charge is -2.20. The number of anilines is 1. The van der Waals surface area contributed by atoms with Crippen molar-refractivity contribution < 1.29 is 35.9 Å². The molecule has 0 radical (unpaired) electrons. The van der Waals surface area contributed by atoms with Crippen LogP contribution >= 0.6 is 0 Å². The molecule has 2 aromatic carbocycles. The molecule has 0 aliphatic heterocycles. The monoisotopic (exact) mass is 405 g/mol. The van der Waals surface area contributed by atoms with Gasteiger partial charge in [0.05, 0.1) is 24.7 Å². The molecule has 2 aromatic rings. The first-order chi connectivity index (χ1) is 12.8. The van der Waals surface area contributed by atoms with Gasteiger partial charge in [0.25, 0.3) is 0 Å². The van der Waals surface area contributed by atoms with Crippen molar-refractivity contribution in [3.05, 3.63) is 58.7 Å². The third kappa shape index (κ3) is 4.96. The molecule has 0 aliphatic rings. The molecular weight excluding hydrogens is 388 g/mol. The highest BCUT2D eigenvalue weighted by molar-refractivity contribution is 5.94. The van der Waals surface area contributed by atoms with E-state index in [0.717, 1.165) is 10.5 Å². The summed E-state index contributed by atoms with van der Waals surface area (Å²) in [6.45, 7) is 1.78. The number of alkyl halides is 6. The molecule has 0 aliphatic carbocycles. The minimum absolute atomic E-state index is 0.0303. The van der Waals surface area contributed by atoms with Crippen LogP contribution in [0.3, 0.4) is 0 Å². The molecule has 9 heteroatoms. The summed E-state index contributed by atoms with van der Waals surface area (Å²) in [5.74, 6) is -0.172. The number of carbonyl (C=O) groups excluding carboxylic acids is 1. The van der Waals surface area contributed by atoms with E-state index in [9.17, 15) is 31.1 Å². The van der Waals surface area contributed by atoms with Crippen LogP contribution in [0.1, 0.15) is 22.3 Å². The van der Waals surface area contributed by atoms with E-state index in [1.54, 1.807) is 25.1 Å². The number of benzene rings is 2. The van der Waals surface area contributed by atoms with Gasteiger partial charge in [0.2, 0.25) is 5.91 Å². The molecule has 3 nitrogen and oxygen atoms in total. The maximum atomic E-state index is 12.9. The Hall–Kier alpha value is -2.71. The molecule has 28 heavy (non-hydrogen) atoms. The fourth-order valence-corrected chi connectivity index (χ4v) is 2.58. The lowest BCUT2D eigenvalue weighted by molar-refractivity contribution is -0.143. The van der Waals surface area contributed by atoms with Crippen molar-refractivity contribution in [2.45, 2.75) is 25.7 Å². The van der Waals surface area contributed by atoms with Gasteiger partial charge in [-0.1, -0.05) is 6.07 Å². The second-order valence-electron chi connectivity index (χ2n) is 6.20. The molecule has 0 N–H and O–H groups in total. The van der Waals surface area contributed by atoms with Gasteiger partial charge < -0.3 is 9.64 Å². The molecule has 0 atom stereocenters. The third-order valence-corrected chi connectivity index (χ3v) is 4.16. The maximum Gasteiger partial charge on any atom is 0.416 e. The molecule has 2 rings (SSSR count). The van der Waals surface area contributed by atoms with E-state index < -0.39 is 35.8 Å². The zero-order valence-electron chi connectivity index (χ0n) is 15.2. The van der Waals surface area contributed by atoms with E-state index in [1.807, 2.05) is 0 Å². The second-order valence-corrected chi connectivity index (χ2v) is 6.20. The lowest BCUT2D eigenvalue weighted by atomic mass is 10.0. The Morgan fingerprint density at radius 2 is 1.50 bits per heavy atom. The van der Waals surface area contributed by atoms with Crippen LogP contribution in [0.15, 0.2) is 36.4 Å². The number of aryl methyl sites for hydroxylation is 1. The number of amides is 1. The van der Waals surface area contributed by atoms with Crippen LogP contribution in [0.5, 0.6) is 5.75 Å². The molecule has 0 fully saturated rings. The first-order valence-electron chi connectivity index (χ1n) is 8.02. The van der Waals surface area contributed by atoms with Gasteiger partial charge in [-0.2, -0.15) is 26.3 Å². The molecule has 0 saturated heterocycles. The van der Waals surface area contributed by atoms with Crippen LogP contribution in [0.2, 0.25) is 0 Å². The molecule has 0 bridgehead atoms. The average Bonchev–Trinajstić information content (AvgIpc) is 2.59. The summed E-state index contributed by atoms with van der Waals surface area (Å²) in [6.07, 6.45) is -10.6. The van der Waals surface area contributed by atoms with Crippen LogP contribution in [0.25, 0.3) is 0 Å². The molecule has 0 aromatic heterocycles. The average molecular weight is 405 g/mol. The Bertz CT molecular complexity index is 841. The van der Waals surface area contributed by atoms with Gasteiger partial charge in [0, 0.05) is 18.8 Å². The molecule has 0 spiro atoms. The number of hydrogen-bond acceptors (Lipinski definition) is 2. The van der Waals surface area contributed by atoms with Crippen LogP contribution in [-0.2, 0) is 23.6 Å². The Balaban J connectivity index is 2.34. The van der Waals surface area contributed by atoms with E-state index in [1.165, 1.54) is 14.2 Å². The number of nitrogens with zero attached hydrogens (tertiary/aromatic N) is 1. The Morgan fingerprint density at radius 3 is 1.96 bits per heavy atom. The Labute approximate surface area is 157 Å². The van der Waals surface area contributed by atoms with Gasteiger partial charge in [0.1, 0.15) is 5.75 Å². The number of ether oxygens (including phenoxy) is 1. The minimum Gasteiger partial charge on any atom is -0.496 e. The van der Waals surface area contributed by atoms with Crippen molar-refractivity contribution in [1.82, 2.24) is 0 Å². The standard InChI is InChI=1S/C19H17F6NO2/c1-11-4-5-15(10-16(11)28-3)26(2)17(27)8-12-6-13(18(20,21)22)9-14(7-12)19(23,24)25/h4-7,9-10H,8H2,1-3H3. The van der Waals surface area contributed by atoms with Crippen LogP contribution in [0, 0.1) is 6.92 Å². The number of halogens is 6. The predicted molar refractivity (Wildman–Crippen MR) is 91.3 cm³/mol. The molecule has 0 unspecified atom stereocenters. The lowest BCUT2D eigenvalue weighted by Crippen LogP contribution is -2.28. The van der Waals surface area contributed by atoms with E-state index in [4.69, 9.17) is 4.74 Å². The fraction of sp³-hybridized carbons (Fsp3) is 0.316. The summed E-state index contributed by atoms with van der Waals surface area (Å²) in [7, 11) is 2.82. The van der Waals surface area contributed by atoms with Crippen molar-refractivity contribution in [3.8, 4) is 5.75 Å². The topological polar surface area (TPSA) is 29.5 Å². The third-order valence-electron chi connectivity index (χ3n) is 4.16. The number of methoxy groups -OCH3 is 1. The van der Waals surface area contributed by atoms with Gasteiger partial charge in [-0.05, 0) is 42.3 Å². The summed E-state index contributed by atoms with van der Waals surface area (Å²) in [5, 5.41) is 0. The van der Waals surface area contributed by atoms with Gasteiger partial charge in [-0.25, -0.2) is 0 Å².